The highest BCUT2D eigenvalue weighted by molar-refractivity contribution is 7.86. The standard InChI is InChI=1S/C28H24ClN9O8S2/c1-13-4-6-16(7-5-13)35-38-24-20(48(43,44)45)11-15-10-14(2)23(25(39)21(15)22(24)30)37-36-18-12-17(8-9-19(18)47(40,41)42)31-27-32-26(29)33-28(34-27)46-3/h4-12,39H,30H2,1-3H3,(H,40,41,42)(H,43,44,45)(H,31,32,33,34). The normalized spacial score (nSPS) is 12.3. The number of aryl methyl sites for hydroxylation is 2. The molecule has 0 spiro atoms. The molecule has 5 rings (SSSR count). The quantitative estimate of drug-likeness (QED) is 0.0608. The monoisotopic (exact) mass is 713 g/mol. The Labute approximate surface area is 277 Å². The number of hydrogen-bond acceptors (Lipinski definition) is 15. The van der Waals surface area contributed by atoms with Gasteiger partial charge in [0.1, 0.15) is 26.9 Å². The van der Waals surface area contributed by atoms with Crippen LogP contribution < -0.4 is 15.8 Å². The number of aromatic nitrogens is 3. The van der Waals surface area contributed by atoms with Crippen molar-refractivity contribution in [1.82, 2.24) is 15.0 Å². The number of benzene rings is 4. The summed E-state index contributed by atoms with van der Waals surface area (Å²) in [6.07, 6.45) is 0. The molecule has 248 valence electrons. The Morgan fingerprint density at radius 1 is 0.833 bits per heavy atom. The summed E-state index contributed by atoms with van der Waals surface area (Å²) < 4.78 is 73.7. The third-order valence-corrected chi connectivity index (χ3v) is 8.58. The van der Waals surface area contributed by atoms with E-state index in [9.17, 15) is 31.0 Å². The van der Waals surface area contributed by atoms with Crippen LogP contribution in [-0.2, 0) is 20.2 Å². The van der Waals surface area contributed by atoms with Gasteiger partial charge in [-0.2, -0.15) is 36.9 Å². The van der Waals surface area contributed by atoms with Crippen LogP contribution in [0.4, 0.5) is 40.1 Å². The van der Waals surface area contributed by atoms with E-state index in [4.69, 9.17) is 22.1 Å². The Balaban J connectivity index is 1.63. The van der Waals surface area contributed by atoms with Gasteiger partial charge >= 0.3 is 6.01 Å². The van der Waals surface area contributed by atoms with Gasteiger partial charge < -0.3 is 20.9 Å². The van der Waals surface area contributed by atoms with Gasteiger partial charge in [-0.3, -0.25) is 9.11 Å². The van der Waals surface area contributed by atoms with Gasteiger partial charge in [-0.15, -0.1) is 15.3 Å². The first-order valence-corrected chi connectivity index (χ1v) is 16.6. The van der Waals surface area contributed by atoms with Crippen molar-refractivity contribution in [1.29, 1.82) is 0 Å². The molecule has 0 amide bonds. The zero-order chi connectivity index (χ0) is 35.0. The van der Waals surface area contributed by atoms with Gasteiger partial charge in [-0.1, -0.05) is 17.7 Å². The molecule has 17 nitrogen and oxygen atoms in total. The van der Waals surface area contributed by atoms with E-state index >= 15 is 0 Å². The first-order chi connectivity index (χ1) is 22.5. The minimum Gasteiger partial charge on any atom is -0.505 e. The molecule has 5 aromatic rings. The number of rotatable bonds is 9. The number of aromatic hydroxyl groups is 1. The van der Waals surface area contributed by atoms with E-state index in [1.54, 1.807) is 24.3 Å². The summed E-state index contributed by atoms with van der Waals surface area (Å²) in [4.78, 5) is 10.4. The number of anilines is 3. The SMILES string of the molecule is COc1nc(Cl)nc(Nc2ccc(S(=O)(=O)O)c(N=Nc3c(C)cc4cc(S(=O)(=O)O)c(N=Nc5ccc(C)cc5)c(N)c4c3O)c2)n1. The van der Waals surface area contributed by atoms with Crippen molar-refractivity contribution in [3.05, 3.63) is 71.0 Å². The van der Waals surface area contributed by atoms with Gasteiger partial charge in [0.25, 0.3) is 20.2 Å². The van der Waals surface area contributed by atoms with Crippen LogP contribution in [0, 0.1) is 13.8 Å². The molecule has 0 aliphatic carbocycles. The van der Waals surface area contributed by atoms with Crippen molar-refractivity contribution in [3.8, 4) is 11.8 Å². The highest BCUT2D eigenvalue weighted by atomic mass is 35.5. The zero-order valence-electron chi connectivity index (χ0n) is 25.0. The second-order valence-electron chi connectivity index (χ2n) is 10.0. The molecule has 0 atom stereocenters. The van der Waals surface area contributed by atoms with Crippen molar-refractivity contribution in [2.45, 2.75) is 23.6 Å². The molecule has 0 saturated carbocycles. The molecule has 0 saturated heterocycles. The van der Waals surface area contributed by atoms with Crippen molar-refractivity contribution in [2.75, 3.05) is 18.2 Å². The Hall–Kier alpha value is -5.34. The number of nitrogens with one attached hydrogen (secondary N) is 1. The van der Waals surface area contributed by atoms with Crippen LogP contribution in [0.5, 0.6) is 11.8 Å². The van der Waals surface area contributed by atoms with Crippen LogP contribution in [0.3, 0.4) is 0 Å². The predicted octanol–water partition coefficient (Wildman–Crippen LogP) is 6.66. The zero-order valence-corrected chi connectivity index (χ0v) is 27.4. The van der Waals surface area contributed by atoms with Gasteiger partial charge in [0.05, 0.1) is 23.9 Å². The third kappa shape index (κ3) is 7.29. The molecule has 0 unspecified atom stereocenters. The Morgan fingerprint density at radius 2 is 1.50 bits per heavy atom. The van der Waals surface area contributed by atoms with Crippen LogP contribution in [0.2, 0.25) is 5.28 Å². The van der Waals surface area contributed by atoms with Gasteiger partial charge in [-0.25, -0.2) is 0 Å². The second kappa shape index (κ2) is 13.0. The number of phenolic OH excluding ortho intramolecular Hbond substituents is 1. The summed E-state index contributed by atoms with van der Waals surface area (Å²) >= 11 is 5.89. The molecule has 0 bridgehead atoms. The van der Waals surface area contributed by atoms with E-state index in [1.807, 2.05) is 6.92 Å². The third-order valence-electron chi connectivity index (χ3n) is 6.64. The summed E-state index contributed by atoms with van der Waals surface area (Å²) in [5, 5.41) is 29.9. The molecule has 0 fully saturated rings. The van der Waals surface area contributed by atoms with Gasteiger partial charge in [0, 0.05) is 5.69 Å². The number of fused-ring (bicyclic) bond motifs is 1. The van der Waals surface area contributed by atoms with Crippen molar-refractivity contribution in [2.24, 2.45) is 20.5 Å². The van der Waals surface area contributed by atoms with E-state index in [0.29, 0.717) is 5.69 Å². The molecule has 1 aromatic heterocycles. The lowest BCUT2D eigenvalue weighted by molar-refractivity contribution is 0.379. The Morgan fingerprint density at radius 3 is 2.15 bits per heavy atom. The van der Waals surface area contributed by atoms with Crippen LogP contribution >= 0.6 is 11.6 Å². The topological polar surface area (TPSA) is 264 Å². The summed E-state index contributed by atoms with van der Waals surface area (Å²) in [5.41, 5.74) is 6.68. The van der Waals surface area contributed by atoms with Crippen LogP contribution in [0.15, 0.2) is 84.8 Å². The molecular formula is C28H24ClN9O8S2. The molecule has 4 aromatic carbocycles. The number of halogens is 1. The summed E-state index contributed by atoms with van der Waals surface area (Å²) in [6.45, 7) is 3.36. The highest BCUT2D eigenvalue weighted by Crippen LogP contribution is 2.47. The lowest BCUT2D eigenvalue weighted by atomic mass is 10.0. The van der Waals surface area contributed by atoms with Gasteiger partial charge in [0.2, 0.25) is 11.2 Å². The minimum atomic E-state index is -4.86. The van der Waals surface area contributed by atoms with Gasteiger partial charge in [-0.05, 0) is 78.9 Å². The maximum Gasteiger partial charge on any atom is 0.322 e. The van der Waals surface area contributed by atoms with Crippen molar-refractivity contribution < 1.29 is 35.8 Å². The Bertz CT molecular complexity index is 2370. The van der Waals surface area contributed by atoms with Crippen LogP contribution in [-0.4, -0.2) is 53.1 Å². The number of ether oxygens (including phenoxy) is 1. The van der Waals surface area contributed by atoms with Crippen molar-refractivity contribution >= 4 is 82.7 Å². The smallest absolute Gasteiger partial charge is 0.322 e. The number of phenols is 1. The fourth-order valence-corrected chi connectivity index (χ4v) is 5.85. The highest BCUT2D eigenvalue weighted by Gasteiger charge is 2.25. The van der Waals surface area contributed by atoms with E-state index in [0.717, 1.165) is 17.7 Å². The van der Waals surface area contributed by atoms with Crippen LogP contribution in [0.25, 0.3) is 10.8 Å². The Kier molecular flexibility index (Phi) is 9.24. The van der Waals surface area contributed by atoms with Gasteiger partial charge in [0.15, 0.2) is 5.75 Å². The summed E-state index contributed by atoms with van der Waals surface area (Å²) in [6, 6.07) is 12.7. The molecule has 0 radical (unpaired) electrons. The lowest BCUT2D eigenvalue weighted by Gasteiger charge is -2.14. The van der Waals surface area contributed by atoms with Crippen molar-refractivity contribution in [3.63, 3.8) is 0 Å². The van der Waals surface area contributed by atoms with Crippen LogP contribution in [0.1, 0.15) is 11.1 Å². The number of hydrogen-bond donors (Lipinski definition) is 5. The number of azo groups is 2. The lowest BCUT2D eigenvalue weighted by Crippen LogP contribution is -2.03. The first-order valence-electron chi connectivity index (χ1n) is 13.4. The molecule has 1 heterocycles. The molecule has 48 heavy (non-hydrogen) atoms. The predicted molar refractivity (Wildman–Crippen MR) is 175 cm³/mol. The first kappa shape index (κ1) is 34.0. The molecule has 6 N–H and O–H groups in total. The summed E-state index contributed by atoms with van der Waals surface area (Å²) in [5.74, 6) is -0.637. The number of methoxy groups -OCH3 is 1. The molecule has 20 heteroatoms. The van der Waals surface area contributed by atoms with E-state index in [1.165, 1.54) is 32.2 Å². The summed E-state index contributed by atoms with van der Waals surface area (Å²) in [7, 11) is -8.36. The number of nitrogens with zero attached hydrogens (tertiary/aromatic N) is 7. The fraction of sp³-hybridized carbons (Fsp3) is 0.107. The largest absolute Gasteiger partial charge is 0.505 e. The maximum absolute atomic E-state index is 12.3. The number of nitrogens with two attached hydrogens (primary N) is 1. The average Bonchev–Trinajstić information content (AvgIpc) is 2.99. The van der Waals surface area contributed by atoms with E-state index < -0.39 is 41.5 Å². The van der Waals surface area contributed by atoms with E-state index in [2.05, 4.69) is 40.7 Å². The average molecular weight is 714 g/mol. The minimum absolute atomic E-state index is 0.0626. The molecular weight excluding hydrogens is 690 g/mol. The number of nitrogen functional groups attached to an aromatic ring is 1. The molecule has 0 aliphatic heterocycles. The maximum atomic E-state index is 12.3. The van der Waals surface area contributed by atoms with E-state index in [-0.39, 0.29) is 56.3 Å². The second-order valence-corrected chi connectivity index (χ2v) is 13.2. The fourth-order valence-electron chi connectivity index (χ4n) is 4.42. The molecule has 0 aliphatic rings.